The van der Waals surface area contributed by atoms with Crippen molar-refractivity contribution in [2.24, 2.45) is 0 Å². The fraction of sp³-hybridized carbons (Fsp3) is 0. The zero-order valence-corrected chi connectivity index (χ0v) is 35.7. The minimum absolute atomic E-state index is 0.289. The van der Waals surface area contributed by atoms with Crippen LogP contribution in [0.15, 0.2) is 141 Å². The number of hydrogen-bond donors (Lipinski definition) is 6. The lowest BCUT2D eigenvalue weighted by Crippen LogP contribution is -1.97. The van der Waals surface area contributed by atoms with Crippen LogP contribution in [0.5, 0.6) is 0 Å². The highest BCUT2D eigenvalue weighted by atomic mass is 32.2. The van der Waals surface area contributed by atoms with Crippen LogP contribution in [0.1, 0.15) is 22.8 Å². The van der Waals surface area contributed by atoms with Crippen LogP contribution in [0.25, 0.3) is 90.9 Å². The van der Waals surface area contributed by atoms with Gasteiger partial charge in [-0.15, -0.1) is 8.67 Å². The van der Waals surface area contributed by atoms with Gasteiger partial charge in [-0.3, -0.25) is 9.11 Å². The van der Waals surface area contributed by atoms with Crippen LogP contribution < -0.4 is 0 Å². The molecule has 0 saturated heterocycles. The number of rotatable bonds is 12. The lowest BCUT2D eigenvalue weighted by Gasteiger charge is -2.08. The highest BCUT2D eigenvalue weighted by Gasteiger charge is 2.20. The molecule has 16 nitrogen and oxygen atoms in total. The van der Waals surface area contributed by atoms with Gasteiger partial charge in [0.05, 0.1) is 56.7 Å². The molecule has 0 radical (unpaired) electrons. The van der Waals surface area contributed by atoms with Gasteiger partial charge in [0.1, 0.15) is 0 Å². The molecule has 3 aromatic heterocycles. The standard InChI is InChI=1S/C44H30N4O12S4/c49-57-59-61-29-9-1-25(2-10-29)41-33-17-18-34(45-33)42(26-3-11-30(12-4-26)62-60-58-50)36-20-22-38(47-36)44(28-7-15-32(16-8-28)64(54,55)56)40-24-23-39(48-40)43(37-21-19-35(41)46-37)27-5-13-31(14-6-27)63(51,52)53/h1-24,46-47,49-50H,(H,51,52,53)(H,54,55,56). The van der Waals surface area contributed by atoms with E-state index in [1.54, 1.807) is 48.5 Å². The van der Waals surface area contributed by atoms with Gasteiger partial charge in [0.2, 0.25) is 0 Å². The van der Waals surface area contributed by atoms with Gasteiger partial charge >= 0.3 is 0 Å². The van der Waals surface area contributed by atoms with Crippen molar-refractivity contribution >= 4 is 90.7 Å². The van der Waals surface area contributed by atoms with Gasteiger partial charge < -0.3 is 9.97 Å². The predicted octanol–water partition coefficient (Wildman–Crippen LogP) is 10.7. The van der Waals surface area contributed by atoms with Gasteiger partial charge in [0, 0.05) is 54.1 Å². The fourth-order valence-electron chi connectivity index (χ4n) is 7.47. The summed E-state index contributed by atoms with van der Waals surface area (Å²) in [5.74, 6) is 0. The van der Waals surface area contributed by atoms with Crippen molar-refractivity contribution in [2.45, 2.75) is 19.6 Å². The van der Waals surface area contributed by atoms with Crippen LogP contribution in [0, 0.1) is 0 Å². The van der Waals surface area contributed by atoms with E-state index in [-0.39, 0.29) is 9.79 Å². The molecule has 9 rings (SSSR count). The van der Waals surface area contributed by atoms with E-state index in [0.29, 0.717) is 88.0 Å². The molecule has 0 amide bonds. The molecule has 20 heteroatoms. The van der Waals surface area contributed by atoms with Gasteiger partial charge in [0.25, 0.3) is 20.2 Å². The van der Waals surface area contributed by atoms with E-state index in [2.05, 4.69) is 28.7 Å². The summed E-state index contributed by atoms with van der Waals surface area (Å²) in [4.78, 5) is 18.2. The molecule has 2 aliphatic heterocycles. The third-order valence-electron chi connectivity index (χ3n) is 10.2. The minimum Gasteiger partial charge on any atom is -0.354 e. The summed E-state index contributed by atoms with van der Waals surface area (Å²) in [6, 6.07) is 33.6. The molecule has 7 aromatic rings. The van der Waals surface area contributed by atoms with Crippen molar-refractivity contribution < 1.29 is 55.2 Å². The summed E-state index contributed by atoms with van der Waals surface area (Å²) in [6.45, 7) is 0. The lowest BCUT2D eigenvalue weighted by atomic mass is 10.0. The molecule has 0 spiro atoms. The first-order valence-electron chi connectivity index (χ1n) is 18.7. The molecule has 0 aliphatic carbocycles. The molecular weight excluding hydrogens is 905 g/mol. The SMILES string of the molecule is O=S(=O)(O)c1ccc(-c2c3nc(c(-c4ccc(S(=O)(=O)O)cc4)c4ccc([nH]4)c(-c4ccc(SOOO)cc4)c4nc(c(-c5ccc(SOOO)cc5)c5ccc2[nH]5)C=C4)C=C3)cc1. The number of nitrogens with zero attached hydrogens (tertiary/aromatic N) is 2. The van der Waals surface area contributed by atoms with E-state index in [4.69, 9.17) is 20.5 Å². The van der Waals surface area contributed by atoms with Crippen LogP contribution in [0.2, 0.25) is 0 Å². The van der Waals surface area contributed by atoms with Gasteiger partial charge in [-0.1, -0.05) is 58.6 Å². The number of aromatic amines is 2. The maximum atomic E-state index is 12.1. The summed E-state index contributed by atoms with van der Waals surface area (Å²) in [5, 5.41) is 25.0. The van der Waals surface area contributed by atoms with Crippen LogP contribution in [0.3, 0.4) is 0 Å². The number of fused-ring (bicyclic) bond motifs is 8. The normalized spacial score (nSPS) is 12.6. The van der Waals surface area contributed by atoms with E-state index in [9.17, 15) is 25.9 Å². The van der Waals surface area contributed by atoms with E-state index >= 15 is 0 Å². The highest BCUT2D eigenvalue weighted by Crippen LogP contribution is 2.39. The molecule has 5 heterocycles. The maximum absolute atomic E-state index is 12.1. The van der Waals surface area contributed by atoms with E-state index in [1.807, 2.05) is 72.8 Å². The molecule has 322 valence electrons. The molecule has 2 aliphatic rings. The first kappa shape index (κ1) is 43.0. The molecular formula is C44H30N4O12S4. The number of benzene rings is 4. The molecule has 4 aromatic carbocycles. The average Bonchev–Trinajstić information content (AvgIpc) is 4.14. The summed E-state index contributed by atoms with van der Waals surface area (Å²) >= 11 is 1.63. The Morgan fingerprint density at radius 1 is 0.406 bits per heavy atom. The molecule has 0 fully saturated rings. The van der Waals surface area contributed by atoms with Crippen molar-refractivity contribution in [3.63, 3.8) is 0 Å². The smallest absolute Gasteiger partial charge is 0.294 e. The van der Waals surface area contributed by atoms with E-state index in [1.165, 1.54) is 24.3 Å². The van der Waals surface area contributed by atoms with Gasteiger partial charge in [-0.2, -0.15) is 16.8 Å². The molecule has 8 bridgehead atoms. The van der Waals surface area contributed by atoms with Gasteiger partial charge in [-0.25, -0.2) is 20.5 Å². The Balaban J connectivity index is 1.39. The van der Waals surface area contributed by atoms with Crippen molar-refractivity contribution in [1.29, 1.82) is 0 Å². The molecule has 0 atom stereocenters. The number of H-pyrrole nitrogens is 2. The zero-order valence-electron chi connectivity index (χ0n) is 32.4. The minimum atomic E-state index is -4.50. The largest absolute Gasteiger partial charge is 0.354 e. The summed E-state index contributed by atoms with van der Waals surface area (Å²) in [6.07, 6.45) is 7.41. The summed E-state index contributed by atoms with van der Waals surface area (Å²) in [7, 11) is -9.00. The van der Waals surface area contributed by atoms with Gasteiger partial charge in [0.15, 0.2) is 0 Å². The van der Waals surface area contributed by atoms with Crippen LogP contribution in [0.4, 0.5) is 0 Å². The zero-order chi connectivity index (χ0) is 44.6. The van der Waals surface area contributed by atoms with Crippen molar-refractivity contribution in [3.05, 3.63) is 144 Å². The lowest BCUT2D eigenvalue weighted by molar-refractivity contribution is -0.432. The van der Waals surface area contributed by atoms with Gasteiger partial charge in [-0.05, 0) is 119 Å². The van der Waals surface area contributed by atoms with Crippen molar-refractivity contribution in [2.75, 3.05) is 0 Å². The Morgan fingerprint density at radius 3 is 0.922 bits per heavy atom. The van der Waals surface area contributed by atoms with Crippen molar-refractivity contribution in [1.82, 2.24) is 19.9 Å². The summed E-state index contributed by atoms with van der Waals surface area (Å²) < 4.78 is 77.1. The third kappa shape index (κ3) is 8.81. The Morgan fingerprint density at radius 2 is 0.672 bits per heavy atom. The maximum Gasteiger partial charge on any atom is 0.294 e. The predicted molar refractivity (Wildman–Crippen MR) is 242 cm³/mol. The molecule has 64 heavy (non-hydrogen) atoms. The number of hydrogen-bond acceptors (Lipinski definition) is 14. The second-order valence-corrected chi connectivity index (χ2v) is 18.4. The van der Waals surface area contributed by atoms with E-state index < -0.39 is 20.2 Å². The van der Waals surface area contributed by atoms with E-state index in [0.717, 1.165) is 35.2 Å². The Labute approximate surface area is 372 Å². The first-order chi connectivity index (χ1) is 30.9. The second kappa shape index (κ2) is 17.7. The highest BCUT2D eigenvalue weighted by molar-refractivity contribution is 7.94. The monoisotopic (exact) mass is 934 g/mol. The summed E-state index contributed by atoms with van der Waals surface area (Å²) in [5.41, 5.74) is 9.88. The Hall–Kier alpha value is -6.24. The quantitative estimate of drug-likeness (QED) is 0.0289. The molecule has 0 saturated carbocycles. The number of aromatic nitrogens is 4. The van der Waals surface area contributed by atoms with Crippen LogP contribution in [-0.4, -0.2) is 56.4 Å². The number of nitrogens with one attached hydrogen (secondary N) is 2. The fourth-order valence-corrected chi connectivity index (χ4v) is 9.14. The molecule has 6 N–H and O–H groups in total. The Kier molecular flexibility index (Phi) is 11.9. The van der Waals surface area contributed by atoms with Crippen LogP contribution >= 0.6 is 24.1 Å². The Bertz CT molecular complexity index is 3170. The van der Waals surface area contributed by atoms with Crippen molar-refractivity contribution in [3.8, 4) is 44.5 Å². The molecule has 0 unspecified atom stereocenters. The third-order valence-corrected chi connectivity index (χ3v) is 13.2. The first-order valence-corrected chi connectivity index (χ1v) is 23.1. The second-order valence-electron chi connectivity index (χ2n) is 14.0. The topological polar surface area (TPSA) is 243 Å². The van der Waals surface area contributed by atoms with Crippen LogP contribution in [-0.2, 0) is 39.0 Å². The average molecular weight is 935 g/mol.